The van der Waals surface area contributed by atoms with Crippen LogP contribution in [0.4, 0.5) is 0 Å². The van der Waals surface area contributed by atoms with Crippen LogP contribution in [0.3, 0.4) is 0 Å². The van der Waals surface area contributed by atoms with Gasteiger partial charge in [-0.2, -0.15) is 11.8 Å². The van der Waals surface area contributed by atoms with Gasteiger partial charge in [0.1, 0.15) is 0 Å². The van der Waals surface area contributed by atoms with Gasteiger partial charge in [0, 0.05) is 19.1 Å². The van der Waals surface area contributed by atoms with Gasteiger partial charge in [0.2, 0.25) is 10.0 Å². The molecule has 0 rings (SSSR count). The van der Waals surface area contributed by atoms with E-state index in [9.17, 15) is 8.42 Å². The predicted molar refractivity (Wildman–Crippen MR) is 81.8 cm³/mol. The molecule has 1 unspecified atom stereocenters. The van der Waals surface area contributed by atoms with Crippen LogP contribution in [0.25, 0.3) is 0 Å². The van der Waals surface area contributed by atoms with Gasteiger partial charge in [-0.15, -0.1) is 0 Å². The Bertz CT molecular complexity index is 292. The Hall–Kier alpha value is 0.220. The van der Waals surface area contributed by atoms with E-state index in [1.807, 2.05) is 25.6 Å². The number of rotatable bonds is 11. The second-order valence-electron chi connectivity index (χ2n) is 4.87. The van der Waals surface area contributed by atoms with Gasteiger partial charge in [-0.25, -0.2) is 13.1 Å². The highest BCUT2D eigenvalue weighted by atomic mass is 32.2. The van der Waals surface area contributed by atoms with Gasteiger partial charge in [-0.05, 0) is 31.8 Å². The Morgan fingerprint density at radius 3 is 2.33 bits per heavy atom. The van der Waals surface area contributed by atoms with Crippen molar-refractivity contribution in [1.82, 2.24) is 10.0 Å². The lowest BCUT2D eigenvalue weighted by Gasteiger charge is -2.16. The minimum Gasteiger partial charge on any atom is -0.313 e. The fraction of sp³-hybridized carbons (Fsp3) is 1.00. The lowest BCUT2D eigenvalue weighted by Crippen LogP contribution is -2.41. The van der Waals surface area contributed by atoms with Crippen molar-refractivity contribution in [1.29, 1.82) is 0 Å². The van der Waals surface area contributed by atoms with Gasteiger partial charge in [0.25, 0.3) is 0 Å². The molecule has 18 heavy (non-hydrogen) atoms. The number of nitrogens with one attached hydrogen (secondary N) is 2. The van der Waals surface area contributed by atoms with Crippen LogP contribution in [0, 0.1) is 0 Å². The monoisotopic (exact) mass is 296 g/mol. The normalized spacial score (nSPS) is 14.1. The number of thioether (sulfide) groups is 1. The third kappa shape index (κ3) is 9.19. The summed E-state index contributed by atoms with van der Waals surface area (Å²) in [4.78, 5) is 0. The standard InChI is InChI=1S/C12H28N2O2S2/c1-11(2)13-10-12(3)18(15,16)14-8-6-5-7-9-17-4/h11-14H,5-10H2,1-4H3. The molecule has 0 radical (unpaired) electrons. The lowest BCUT2D eigenvalue weighted by molar-refractivity contribution is 0.538. The van der Waals surface area contributed by atoms with Crippen LogP contribution < -0.4 is 10.0 Å². The zero-order valence-electron chi connectivity index (χ0n) is 12.0. The van der Waals surface area contributed by atoms with Gasteiger partial charge in [0.05, 0.1) is 5.25 Å². The molecule has 0 aromatic rings. The van der Waals surface area contributed by atoms with Crippen LogP contribution >= 0.6 is 11.8 Å². The van der Waals surface area contributed by atoms with Crippen molar-refractivity contribution in [3.63, 3.8) is 0 Å². The van der Waals surface area contributed by atoms with Crippen LogP contribution in [-0.2, 0) is 10.0 Å². The predicted octanol–water partition coefficient (Wildman–Crippen LogP) is 1.83. The van der Waals surface area contributed by atoms with E-state index in [1.165, 1.54) is 0 Å². The van der Waals surface area contributed by atoms with Crippen molar-refractivity contribution in [3.8, 4) is 0 Å². The molecule has 0 aromatic heterocycles. The van der Waals surface area contributed by atoms with Crippen molar-refractivity contribution in [2.75, 3.05) is 25.1 Å². The molecule has 0 aliphatic carbocycles. The van der Waals surface area contributed by atoms with Crippen LogP contribution in [0.1, 0.15) is 40.0 Å². The van der Waals surface area contributed by atoms with Crippen LogP contribution in [0.5, 0.6) is 0 Å². The highest BCUT2D eigenvalue weighted by Gasteiger charge is 2.19. The van der Waals surface area contributed by atoms with Gasteiger partial charge in [-0.3, -0.25) is 0 Å². The van der Waals surface area contributed by atoms with E-state index in [1.54, 1.807) is 6.92 Å². The Morgan fingerprint density at radius 2 is 1.78 bits per heavy atom. The van der Waals surface area contributed by atoms with E-state index in [0.29, 0.717) is 19.1 Å². The first-order chi connectivity index (χ1) is 8.40. The van der Waals surface area contributed by atoms with Gasteiger partial charge in [-0.1, -0.05) is 20.3 Å². The first kappa shape index (κ1) is 18.2. The summed E-state index contributed by atoms with van der Waals surface area (Å²) in [5, 5.41) is 2.76. The Morgan fingerprint density at radius 1 is 1.11 bits per heavy atom. The molecule has 1 atom stereocenters. The molecule has 110 valence electrons. The van der Waals surface area contributed by atoms with Crippen LogP contribution in [0.15, 0.2) is 0 Å². The Kier molecular flexibility index (Phi) is 10.2. The first-order valence-electron chi connectivity index (χ1n) is 6.61. The van der Waals surface area contributed by atoms with Crippen molar-refractivity contribution >= 4 is 21.8 Å². The quantitative estimate of drug-likeness (QED) is 0.571. The van der Waals surface area contributed by atoms with Crippen molar-refractivity contribution in [2.24, 2.45) is 0 Å². The van der Waals surface area contributed by atoms with Gasteiger partial charge < -0.3 is 5.32 Å². The first-order valence-corrected chi connectivity index (χ1v) is 9.55. The maximum atomic E-state index is 11.9. The Labute approximate surface area is 117 Å². The number of hydrogen-bond donors (Lipinski definition) is 2. The van der Waals surface area contributed by atoms with Crippen LogP contribution in [0.2, 0.25) is 0 Å². The minimum atomic E-state index is -3.17. The minimum absolute atomic E-state index is 0.314. The second-order valence-corrected chi connectivity index (χ2v) is 8.04. The zero-order valence-corrected chi connectivity index (χ0v) is 13.7. The largest absolute Gasteiger partial charge is 0.313 e. The average Bonchev–Trinajstić information content (AvgIpc) is 2.30. The summed E-state index contributed by atoms with van der Waals surface area (Å²) in [5.74, 6) is 1.15. The summed E-state index contributed by atoms with van der Waals surface area (Å²) in [5.41, 5.74) is 0. The smallest absolute Gasteiger partial charge is 0.215 e. The maximum Gasteiger partial charge on any atom is 0.215 e. The molecule has 0 spiro atoms. The highest BCUT2D eigenvalue weighted by Crippen LogP contribution is 2.03. The molecule has 0 aliphatic rings. The zero-order chi connectivity index (χ0) is 14.0. The summed E-state index contributed by atoms with van der Waals surface area (Å²) in [7, 11) is -3.17. The van der Waals surface area contributed by atoms with Crippen molar-refractivity contribution < 1.29 is 8.42 Å². The molecule has 0 heterocycles. The molecule has 6 heteroatoms. The number of unbranched alkanes of at least 4 members (excludes halogenated alkanes) is 2. The Balaban J connectivity index is 3.78. The van der Waals surface area contributed by atoms with E-state index in [4.69, 9.17) is 0 Å². The maximum absolute atomic E-state index is 11.9. The molecule has 0 saturated carbocycles. The SMILES string of the molecule is CSCCCCCNS(=O)(=O)C(C)CNC(C)C. The molecule has 0 aromatic carbocycles. The van der Waals surface area contributed by atoms with Gasteiger partial charge in [0.15, 0.2) is 0 Å². The second kappa shape index (κ2) is 10.1. The molecule has 0 amide bonds. The lowest BCUT2D eigenvalue weighted by atomic mass is 10.2. The molecular weight excluding hydrogens is 268 g/mol. The van der Waals surface area contributed by atoms with E-state index in [-0.39, 0.29) is 5.25 Å². The summed E-state index contributed by atoms with van der Waals surface area (Å²) < 4.78 is 26.4. The molecule has 2 N–H and O–H groups in total. The van der Waals surface area contributed by atoms with E-state index in [2.05, 4.69) is 16.3 Å². The summed E-state index contributed by atoms with van der Waals surface area (Å²) in [6.07, 6.45) is 5.26. The average molecular weight is 297 g/mol. The van der Waals surface area contributed by atoms with E-state index in [0.717, 1.165) is 25.0 Å². The molecule has 0 saturated heterocycles. The molecular formula is C12H28N2O2S2. The molecule has 4 nitrogen and oxygen atoms in total. The third-order valence-corrected chi connectivity index (χ3v) is 5.20. The topological polar surface area (TPSA) is 58.2 Å². The number of hydrogen-bond acceptors (Lipinski definition) is 4. The molecule has 0 aliphatic heterocycles. The van der Waals surface area contributed by atoms with E-state index >= 15 is 0 Å². The summed E-state index contributed by atoms with van der Waals surface area (Å²) in [6.45, 7) is 6.82. The van der Waals surface area contributed by atoms with E-state index < -0.39 is 10.0 Å². The number of sulfonamides is 1. The van der Waals surface area contributed by atoms with Crippen LogP contribution in [-0.4, -0.2) is 44.8 Å². The summed E-state index contributed by atoms with van der Waals surface area (Å²) >= 11 is 1.83. The molecule has 0 fully saturated rings. The summed E-state index contributed by atoms with van der Waals surface area (Å²) in [6, 6.07) is 0.314. The third-order valence-electron chi connectivity index (χ3n) is 2.67. The van der Waals surface area contributed by atoms with Crippen molar-refractivity contribution in [3.05, 3.63) is 0 Å². The van der Waals surface area contributed by atoms with Crippen molar-refractivity contribution in [2.45, 2.75) is 51.3 Å². The highest BCUT2D eigenvalue weighted by molar-refractivity contribution is 7.98. The molecule has 0 bridgehead atoms. The van der Waals surface area contributed by atoms with Gasteiger partial charge >= 0.3 is 0 Å². The fourth-order valence-corrected chi connectivity index (χ4v) is 2.94. The fourth-order valence-electron chi connectivity index (χ4n) is 1.42.